The first kappa shape index (κ1) is 47.3. The molecule has 4 aromatic rings. The Labute approximate surface area is 409 Å². The first-order chi connectivity index (χ1) is 34.2. The van der Waals surface area contributed by atoms with E-state index in [1.165, 1.54) is 11.0 Å². The number of piperidine rings is 2. The van der Waals surface area contributed by atoms with Crippen molar-refractivity contribution in [2.45, 2.75) is 101 Å². The Morgan fingerprint density at radius 1 is 0.775 bits per heavy atom. The standard InChI is InChI=1S/C52H58F3N9O7/c1-59-31-56-58-45(59)25-51(29-70-30-51)34-3-2-4-36(23-34)63-28-42-40(48(63)67)21-33(22-43(42)52(53,54)55)27-61-19-17-60(18-20-61)26-32-5-8-37(9-6-32)71-38-13-15-62(16-14-38)35-7-10-39-41(24-35)50(69)64(49(39)68)44-11-12-46(65)57-47(44)66/h2-4,7,10,21-24,31-32,37-38,44H,5-6,8-9,11-20,25-30H2,1H3,(H,57,65,66). The van der Waals surface area contributed by atoms with Gasteiger partial charge in [-0.05, 0) is 110 Å². The molecule has 5 amide bonds. The van der Waals surface area contributed by atoms with E-state index in [2.05, 4.69) is 30.2 Å². The number of halogens is 3. The van der Waals surface area contributed by atoms with Crippen LogP contribution in [0.2, 0.25) is 0 Å². The maximum Gasteiger partial charge on any atom is 0.416 e. The maximum atomic E-state index is 14.7. The molecule has 71 heavy (non-hydrogen) atoms. The summed E-state index contributed by atoms with van der Waals surface area (Å²) in [6, 6.07) is 14.7. The fourth-order valence-corrected chi connectivity index (χ4v) is 11.9. The van der Waals surface area contributed by atoms with E-state index in [9.17, 15) is 37.1 Å². The van der Waals surface area contributed by atoms with E-state index in [0.717, 1.165) is 106 Å². The molecule has 0 bridgehead atoms. The van der Waals surface area contributed by atoms with Crippen molar-refractivity contribution in [3.05, 3.63) is 106 Å². The number of aryl methyl sites for hydroxylation is 1. The summed E-state index contributed by atoms with van der Waals surface area (Å²) >= 11 is 0. The minimum Gasteiger partial charge on any atom is -0.379 e. The number of hydrogen-bond donors (Lipinski definition) is 1. The summed E-state index contributed by atoms with van der Waals surface area (Å²) in [4.78, 5) is 74.0. The summed E-state index contributed by atoms with van der Waals surface area (Å²) in [6.07, 6.45) is 3.95. The molecule has 1 saturated carbocycles. The van der Waals surface area contributed by atoms with E-state index >= 15 is 0 Å². The second kappa shape index (κ2) is 18.9. The number of hydrogen-bond acceptors (Lipinski definition) is 12. The summed E-state index contributed by atoms with van der Waals surface area (Å²) in [5.74, 6) is -1.13. The smallest absolute Gasteiger partial charge is 0.379 e. The molecule has 7 heterocycles. The highest BCUT2D eigenvalue weighted by atomic mass is 19.4. The topological polar surface area (TPSA) is 163 Å². The van der Waals surface area contributed by atoms with Gasteiger partial charge in [-0.15, -0.1) is 10.2 Å². The van der Waals surface area contributed by atoms with E-state index in [-0.39, 0.29) is 59.3 Å². The number of fused-ring (bicyclic) bond motifs is 2. The van der Waals surface area contributed by atoms with Crippen LogP contribution in [0, 0.1) is 5.92 Å². The van der Waals surface area contributed by atoms with Gasteiger partial charge in [-0.3, -0.25) is 39.1 Å². The van der Waals surface area contributed by atoms with Gasteiger partial charge in [-0.2, -0.15) is 13.2 Å². The number of alkyl halides is 3. The quantitative estimate of drug-likeness (QED) is 0.184. The van der Waals surface area contributed by atoms with Crippen molar-refractivity contribution in [1.29, 1.82) is 0 Å². The second-order valence-corrected chi connectivity index (χ2v) is 20.6. The van der Waals surface area contributed by atoms with Crippen LogP contribution in [0.25, 0.3) is 0 Å². The van der Waals surface area contributed by atoms with Crippen molar-refractivity contribution in [2.75, 3.05) is 68.8 Å². The van der Waals surface area contributed by atoms with Gasteiger partial charge in [0, 0.05) is 94.6 Å². The molecule has 1 N–H and O–H groups in total. The third kappa shape index (κ3) is 9.25. The average molecular weight is 978 g/mol. The molecule has 7 aliphatic rings. The van der Waals surface area contributed by atoms with E-state index in [1.54, 1.807) is 30.6 Å². The third-order valence-electron chi connectivity index (χ3n) is 16.0. The number of carbonyl (C=O) groups is 5. The van der Waals surface area contributed by atoms with Gasteiger partial charge in [0.15, 0.2) is 0 Å². The van der Waals surface area contributed by atoms with Gasteiger partial charge in [-0.1, -0.05) is 12.1 Å². The molecule has 374 valence electrons. The number of imide groups is 2. The third-order valence-corrected chi connectivity index (χ3v) is 16.0. The number of ether oxygens (including phenoxy) is 2. The lowest BCUT2D eigenvalue weighted by atomic mass is 9.75. The monoisotopic (exact) mass is 977 g/mol. The summed E-state index contributed by atoms with van der Waals surface area (Å²) in [5, 5.41) is 10.5. The number of nitrogens with one attached hydrogen (secondary N) is 1. The number of benzene rings is 3. The normalized spacial score (nSPS) is 24.4. The SMILES string of the molecule is Cn1cnnc1CC1(c2cccc(N3Cc4c(cc(CN5CCN(CC6CCC(OC7CCN(c8ccc9c(c8)C(=O)N(C8CCC(=O)NC8=O)C9=O)CC7)CC6)CC5)cc4C(F)(F)F)C3=O)c2)COC1. The van der Waals surface area contributed by atoms with Gasteiger partial charge in [0.25, 0.3) is 17.7 Å². The van der Waals surface area contributed by atoms with Crippen molar-refractivity contribution in [3.63, 3.8) is 0 Å². The molecule has 4 saturated heterocycles. The minimum absolute atomic E-state index is 0.0162. The van der Waals surface area contributed by atoms with Gasteiger partial charge in [-0.25, -0.2) is 0 Å². The van der Waals surface area contributed by atoms with E-state index in [4.69, 9.17) is 9.47 Å². The Bertz CT molecular complexity index is 2750. The number of piperazine rings is 1. The van der Waals surface area contributed by atoms with Crippen molar-refractivity contribution in [3.8, 4) is 0 Å². The molecule has 1 aromatic heterocycles. The number of anilines is 2. The van der Waals surface area contributed by atoms with Crippen LogP contribution in [0.5, 0.6) is 0 Å². The molecule has 1 unspecified atom stereocenters. The Hall–Kier alpha value is -6.02. The van der Waals surface area contributed by atoms with Crippen LogP contribution in [0.4, 0.5) is 24.5 Å². The van der Waals surface area contributed by atoms with Crippen LogP contribution in [-0.4, -0.2) is 136 Å². The van der Waals surface area contributed by atoms with Crippen LogP contribution in [0.1, 0.15) is 111 Å². The predicted molar refractivity (Wildman–Crippen MR) is 253 cm³/mol. The molecular formula is C52H58F3N9O7. The Morgan fingerprint density at radius 2 is 1.51 bits per heavy atom. The van der Waals surface area contributed by atoms with Crippen molar-refractivity contribution >= 4 is 40.9 Å². The van der Waals surface area contributed by atoms with Crippen LogP contribution < -0.4 is 15.1 Å². The molecule has 19 heteroatoms. The fourth-order valence-electron chi connectivity index (χ4n) is 11.9. The maximum absolute atomic E-state index is 14.7. The van der Waals surface area contributed by atoms with Gasteiger partial charge in [0.2, 0.25) is 11.8 Å². The highest BCUT2D eigenvalue weighted by molar-refractivity contribution is 6.23. The van der Waals surface area contributed by atoms with E-state index in [1.807, 2.05) is 35.9 Å². The van der Waals surface area contributed by atoms with E-state index < -0.39 is 47.3 Å². The minimum atomic E-state index is -4.62. The predicted octanol–water partition coefficient (Wildman–Crippen LogP) is 5.27. The Morgan fingerprint density at radius 3 is 2.20 bits per heavy atom. The zero-order valence-electron chi connectivity index (χ0n) is 39.8. The second-order valence-electron chi connectivity index (χ2n) is 20.6. The number of aromatic nitrogens is 3. The molecule has 1 atom stereocenters. The highest BCUT2D eigenvalue weighted by Crippen LogP contribution is 2.42. The van der Waals surface area contributed by atoms with Gasteiger partial charge in [0.05, 0.1) is 48.7 Å². The first-order valence-corrected chi connectivity index (χ1v) is 25.0. The average Bonchev–Trinajstić information content (AvgIpc) is 3.99. The van der Waals surface area contributed by atoms with Crippen LogP contribution in [0.3, 0.4) is 0 Å². The van der Waals surface area contributed by atoms with Crippen LogP contribution in [0.15, 0.2) is 60.9 Å². The largest absolute Gasteiger partial charge is 0.416 e. The lowest BCUT2D eigenvalue weighted by molar-refractivity contribution is -0.138. The van der Waals surface area contributed by atoms with Gasteiger partial charge < -0.3 is 28.7 Å². The summed E-state index contributed by atoms with van der Waals surface area (Å²) in [5.41, 5.74) is 2.38. The lowest BCUT2D eigenvalue weighted by Crippen LogP contribution is -2.54. The van der Waals surface area contributed by atoms with Crippen molar-refractivity contribution in [2.24, 2.45) is 13.0 Å². The highest BCUT2D eigenvalue weighted by Gasteiger charge is 2.46. The molecule has 11 rings (SSSR count). The summed E-state index contributed by atoms with van der Waals surface area (Å²) in [6.45, 7) is 6.68. The zero-order chi connectivity index (χ0) is 49.2. The first-order valence-electron chi connectivity index (χ1n) is 25.0. The van der Waals surface area contributed by atoms with Crippen LogP contribution in [-0.2, 0) is 57.2 Å². The molecule has 1 aliphatic carbocycles. The molecule has 0 spiro atoms. The lowest BCUT2D eigenvalue weighted by Gasteiger charge is -2.42. The summed E-state index contributed by atoms with van der Waals surface area (Å²) < 4.78 is 58.4. The van der Waals surface area contributed by atoms with Crippen LogP contribution >= 0.6 is 0 Å². The molecule has 5 fully saturated rings. The summed E-state index contributed by atoms with van der Waals surface area (Å²) in [7, 11) is 1.88. The molecule has 16 nitrogen and oxygen atoms in total. The van der Waals surface area contributed by atoms with E-state index in [0.29, 0.717) is 43.3 Å². The van der Waals surface area contributed by atoms with Gasteiger partial charge in [0.1, 0.15) is 18.2 Å². The van der Waals surface area contributed by atoms with Gasteiger partial charge >= 0.3 is 6.18 Å². The molecular weight excluding hydrogens is 920 g/mol. The number of amides is 5. The number of nitrogens with zero attached hydrogens (tertiary/aromatic N) is 8. The number of rotatable bonds is 12. The Kier molecular flexibility index (Phi) is 12.6. The van der Waals surface area contributed by atoms with Crippen molar-refractivity contribution < 1.29 is 46.6 Å². The fraction of sp³-hybridized carbons (Fsp3) is 0.519. The van der Waals surface area contributed by atoms with Crippen molar-refractivity contribution in [1.82, 2.24) is 34.8 Å². The molecule has 3 aromatic carbocycles. The number of carbonyl (C=O) groups excluding carboxylic acids is 5. The molecule has 0 radical (unpaired) electrons. The zero-order valence-corrected chi connectivity index (χ0v) is 39.8. The Balaban J connectivity index is 0.638. The molecule has 6 aliphatic heterocycles.